The lowest BCUT2D eigenvalue weighted by Gasteiger charge is -2.40. The number of methoxy groups -OCH3 is 1. The maximum atomic E-state index is 13.9. The molecule has 0 aromatic heterocycles. The molecule has 410 valence electrons. The van der Waals surface area contributed by atoms with Gasteiger partial charge in [0.05, 0.1) is 37.1 Å². The Bertz CT molecular complexity index is 2080. The molecule has 8 rings (SSSR count). The van der Waals surface area contributed by atoms with E-state index in [9.17, 15) is 58.6 Å². The number of halogens is 10. The molecule has 3 aromatic rings. The van der Waals surface area contributed by atoms with Gasteiger partial charge in [0.25, 0.3) is 23.7 Å². The van der Waals surface area contributed by atoms with Crippen LogP contribution in [-0.2, 0) is 37.0 Å². The zero-order valence-electron chi connectivity index (χ0n) is 41.7. The Morgan fingerprint density at radius 2 is 1.08 bits per heavy atom. The third kappa shape index (κ3) is 22.0. The molecule has 0 aliphatic heterocycles. The molecule has 5 saturated carbocycles. The molecule has 0 saturated heterocycles. The van der Waals surface area contributed by atoms with Gasteiger partial charge < -0.3 is 35.5 Å². The summed E-state index contributed by atoms with van der Waals surface area (Å²) in [7, 11) is 1.44. The van der Waals surface area contributed by atoms with E-state index in [-0.39, 0.29) is 107 Å². The minimum atomic E-state index is -2.77. The monoisotopic (exact) mass is 1050 g/mol. The third-order valence-corrected chi connectivity index (χ3v) is 13.7. The predicted molar refractivity (Wildman–Crippen MR) is 256 cm³/mol. The Hall–Kier alpha value is -3.98. The summed E-state index contributed by atoms with van der Waals surface area (Å²) in [6.07, 6.45) is -5.65. The number of nitrogens with two attached hydrogens (primary N) is 1. The smallest absolute Gasteiger partial charge is 0.251 e. The molecule has 9 nitrogen and oxygen atoms in total. The summed E-state index contributed by atoms with van der Waals surface area (Å²) < 4.78 is 145. The number of ether oxygens (including phenoxy) is 3. The van der Waals surface area contributed by atoms with Crippen molar-refractivity contribution in [3.05, 3.63) is 108 Å². The summed E-state index contributed by atoms with van der Waals surface area (Å²) in [4.78, 5) is 21.9. The molecule has 5 aliphatic carbocycles. The quantitative estimate of drug-likeness (QED) is 0.146. The highest BCUT2D eigenvalue weighted by Crippen LogP contribution is 2.41. The van der Waals surface area contributed by atoms with Crippen molar-refractivity contribution in [1.29, 1.82) is 0 Å². The fraction of sp³-hybridized carbons (Fsp3) is 0.630. The van der Waals surface area contributed by atoms with Crippen LogP contribution in [0, 0.1) is 0 Å². The van der Waals surface area contributed by atoms with Gasteiger partial charge in [-0.15, -0.1) is 0 Å². The normalized spacial score (nSPS) is 29.2. The maximum absolute atomic E-state index is 13.9. The zero-order valence-corrected chi connectivity index (χ0v) is 41.7. The Balaban J connectivity index is 0.000000210. The lowest BCUT2D eigenvalue weighted by atomic mass is 9.81. The van der Waals surface area contributed by atoms with Crippen molar-refractivity contribution in [2.75, 3.05) is 7.11 Å². The van der Waals surface area contributed by atoms with Gasteiger partial charge >= 0.3 is 0 Å². The van der Waals surface area contributed by atoms with Crippen LogP contribution in [0.1, 0.15) is 139 Å². The summed E-state index contributed by atoms with van der Waals surface area (Å²) in [6.45, 7) is 4.29. The van der Waals surface area contributed by atoms with E-state index in [1.807, 2.05) is 78.9 Å². The van der Waals surface area contributed by atoms with E-state index in [1.54, 1.807) is 6.92 Å². The molecule has 0 heterocycles. The van der Waals surface area contributed by atoms with Gasteiger partial charge in [0, 0.05) is 109 Å². The lowest BCUT2D eigenvalue weighted by molar-refractivity contribution is -0.175. The second-order valence-corrected chi connectivity index (χ2v) is 20.0. The van der Waals surface area contributed by atoms with Crippen molar-refractivity contribution < 1.29 is 77.9 Å². The van der Waals surface area contributed by atoms with Gasteiger partial charge in [-0.25, -0.2) is 43.9 Å². The van der Waals surface area contributed by atoms with Gasteiger partial charge in [-0.1, -0.05) is 91.0 Å². The molecule has 73 heavy (non-hydrogen) atoms. The summed E-state index contributed by atoms with van der Waals surface area (Å²) in [5, 5.41) is 21.8. The second kappa shape index (κ2) is 27.7. The van der Waals surface area contributed by atoms with Crippen LogP contribution in [0.5, 0.6) is 0 Å². The Morgan fingerprint density at radius 3 is 1.59 bits per heavy atom. The first-order chi connectivity index (χ1) is 34.1. The summed E-state index contributed by atoms with van der Waals surface area (Å²) >= 11 is 0. The molecule has 8 atom stereocenters. The highest BCUT2D eigenvalue weighted by molar-refractivity contribution is 5.84. The van der Waals surface area contributed by atoms with Crippen molar-refractivity contribution in [2.45, 2.75) is 208 Å². The molecular formula is C54H72F10N2O7. The lowest BCUT2D eigenvalue weighted by Crippen LogP contribution is -2.49. The van der Waals surface area contributed by atoms with Crippen LogP contribution in [0.4, 0.5) is 43.9 Å². The highest BCUT2D eigenvalue weighted by Gasteiger charge is 2.48. The van der Waals surface area contributed by atoms with Crippen molar-refractivity contribution in [1.82, 2.24) is 5.32 Å². The van der Waals surface area contributed by atoms with Gasteiger partial charge in [-0.2, -0.15) is 0 Å². The Morgan fingerprint density at radius 1 is 0.603 bits per heavy atom. The first-order valence-corrected chi connectivity index (χ1v) is 24.8. The van der Waals surface area contributed by atoms with E-state index in [0.29, 0.717) is 13.0 Å². The predicted octanol–water partition coefficient (Wildman–Crippen LogP) is 11.9. The van der Waals surface area contributed by atoms with Gasteiger partial charge in [0.15, 0.2) is 5.78 Å². The van der Waals surface area contributed by atoms with Crippen LogP contribution < -0.4 is 11.1 Å². The maximum Gasteiger partial charge on any atom is 0.251 e. The first-order valence-electron chi connectivity index (χ1n) is 24.8. The third-order valence-electron chi connectivity index (χ3n) is 13.7. The van der Waals surface area contributed by atoms with E-state index in [4.69, 9.17) is 25.1 Å². The molecule has 19 heteroatoms. The second-order valence-electron chi connectivity index (χ2n) is 20.0. The molecule has 5 unspecified atom stereocenters. The van der Waals surface area contributed by atoms with E-state index in [2.05, 4.69) is 24.4 Å². The summed E-state index contributed by atoms with van der Waals surface area (Å²) in [6, 6.07) is 28.6. The SMILES string of the molecule is COC1(C)CCC(F)(F)CC1O.C[C@H](NC1CCC(F)(F)C[C@H]1OCc1ccccc1)c1ccccc1.NC1CCC(F)(F)C[C@H]1O.O=C1CCC(F)(F)CC1.O=C1CCC(F)(F)CC1OCc1ccccc1. The largest absolute Gasteiger partial charge is 0.391 e. The minimum absolute atomic E-state index is 0.0269. The number of hydrogen-bond acceptors (Lipinski definition) is 9. The first kappa shape index (κ1) is 61.6. The highest BCUT2D eigenvalue weighted by atomic mass is 19.3. The topological polar surface area (TPSA) is 140 Å². The number of aliphatic hydroxyl groups excluding tert-OH is 2. The number of hydrogen-bond donors (Lipinski definition) is 4. The number of carbonyl (C=O) groups is 2. The van der Waals surface area contributed by atoms with Crippen molar-refractivity contribution >= 4 is 11.6 Å². The van der Waals surface area contributed by atoms with Crippen LogP contribution in [0.15, 0.2) is 91.0 Å². The fourth-order valence-electron chi connectivity index (χ4n) is 8.73. The number of benzene rings is 3. The van der Waals surface area contributed by atoms with Crippen LogP contribution in [0.2, 0.25) is 0 Å². The van der Waals surface area contributed by atoms with E-state index in [1.165, 1.54) is 7.11 Å². The van der Waals surface area contributed by atoms with Gasteiger partial charge in [-0.3, -0.25) is 9.59 Å². The van der Waals surface area contributed by atoms with Crippen molar-refractivity contribution in [3.8, 4) is 0 Å². The summed E-state index contributed by atoms with van der Waals surface area (Å²) in [5.41, 5.74) is 7.57. The molecule has 5 N–H and O–H groups in total. The van der Waals surface area contributed by atoms with E-state index < -0.39 is 84.9 Å². The zero-order chi connectivity index (χ0) is 54.1. The summed E-state index contributed by atoms with van der Waals surface area (Å²) in [5.74, 6) is -13.6. The molecule has 5 fully saturated rings. The van der Waals surface area contributed by atoms with Crippen LogP contribution in [-0.4, -0.2) is 101 Å². The number of nitrogens with one attached hydrogen (secondary N) is 1. The molecular weight excluding hydrogens is 979 g/mol. The van der Waals surface area contributed by atoms with E-state index >= 15 is 0 Å². The van der Waals surface area contributed by atoms with Gasteiger partial charge in [0.2, 0.25) is 5.92 Å². The average molecular weight is 1050 g/mol. The molecule has 0 bridgehead atoms. The Labute approximate surface area is 421 Å². The minimum Gasteiger partial charge on any atom is -0.391 e. The average Bonchev–Trinajstić information content (AvgIpc) is 3.34. The molecule has 0 radical (unpaired) electrons. The number of Topliss-reactive ketones (excluding diaryl/α,β-unsaturated/α-hetero) is 2. The number of alkyl halides is 10. The van der Waals surface area contributed by atoms with Gasteiger partial charge in [0.1, 0.15) is 11.9 Å². The van der Waals surface area contributed by atoms with E-state index in [0.717, 1.165) is 16.7 Å². The molecule has 5 aliphatic rings. The van der Waals surface area contributed by atoms with Crippen LogP contribution in [0.25, 0.3) is 0 Å². The Kier molecular flexibility index (Phi) is 23.4. The number of carbonyl (C=O) groups excluding carboxylic acids is 2. The van der Waals surface area contributed by atoms with Crippen molar-refractivity contribution in [2.24, 2.45) is 5.73 Å². The standard InChI is InChI=1S/C21H25F2NO.C13H14F2O2.C8H14F2O2.C6H11F2NO.C6H8F2O/c1-16(18-10-6-3-7-11-18)24-19-12-13-21(22,23)14-20(19)25-15-17-8-4-2-5-9-17;14-13(15)7-6-11(16)12(8-13)17-9-10-4-2-1-3-5-10;1-7(12-2)3-4-8(9,10)5-6(7)11;7-6(8)2-1-4(9)5(10)3-6;7-6(8)3-1-5(9)2-4-6/h2-11,16,19-20,24H,12-15H2,1H3;1-5,12H,6-9H2;6,11H,3-5H2,1-2H3;4-5,10H,1-3,9H2;1-4H2/t16-,19?,20+;;;4?,5-;/m0..1./s1. The van der Waals surface area contributed by atoms with Gasteiger partial charge in [-0.05, 0) is 49.8 Å². The number of ketones is 2. The van der Waals surface area contributed by atoms with Crippen LogP contribution in [0.3, 0.4) is 0 Å². The molecule has 0 amide bonds. The van der Waals surface area contributed by atoms with Crippen LogP contribution >= 0.6 is 0 Å². The number of rotatable bonds is 10. The fourth-order valence-corrected chi connectivity index (χ4v) is 8.73. The number of aliphatic hydroxyl groups is 2. The molecule has 0 spiro atoms. The molecule has 3 aromatic carbocycles. The van der Waals surface area contributed by atoms with Crippen molar-refractivity contribution in [3.63, 3.8) is 0 Å².